The van der Waals surface area contributed by atoms with E-state index in [1.54, 1.807) is 24.0 Å². The molecular formula is C15H21FN2O. The van der Waals surface area contributed by atoms with E-state index in [1.165, 1.54) is 6.07 Å². The Hall–Kier alpha value is -1.42. The summed E-state index contributed by atoms with van der Waals surface area (Å²) in [5.74, 6) is -0.410. The van der Waals surface area contributed by atoms with E-state index in [1.807, 2.05) is 7.05 Å². The molecule has 0 spiro atoms. The van der Waals surface area contributed by atoms with E-state index >= 15 is 0 Å². The lowest BCUT2D eigenvalue weighted by Crippen LogP contribution is -2.37. The van der Waals surface area contributed by atoms with Crippen molar-refractivity contribution >= 4 is 5.91 Å². The van der Waals surface area contributed by atoms with Gasteiger partial charge in [0.15, 0.2) is 0 Å². The van der Waals surface area contributed by atoms with Gasteiger partial charge in [-0.3, -0.25) is 4.79 Å². The molecule has 1 aromatic rings. The zero-order chi connectivity index (χ0) is 13.8. The van der Waals surface area contributed by atoms with Gasteiger partial charge < -0.3 is 10.2 Å². The average Bonchev–Trinajstić information content (AvgIpc) is 2.69. The molecule has 1 aliphatic rings. The topological polar surface area (TPSA) is 32.3 Å². The molecule has 19 heavy (non-hydrogen) atoms. The molecule has 1 atom stereocenters. The second kappa shape index (κ2) is 6.15. The van der Waals surface area contributed by atoms with Crippen molar-refractivity contribution in [3.05, 3.63) is 35.1 Å². The van der Waals surface area contributed by atoms with Crippen molar-refractivity contribution in [1.82, 2.24) is 10.2 Å². The van der Waals surface area contributed by atoms with Crippen LogP contribution in [0.15, 0.2) is 18.2 Å². The van der Waals surface area contributed by atoms with Crippen LogP contribution in [0.3, 0.4) is 0 Å². The average molecular weight is 264 g/mol. The number of amides is 1. The van der Waals surface area contributed by atoms with Gasteiger partial charge in [-0.05, 0) is 57.0 Å². The molecule has 0 saturated carbocycles. The van der Waals surface area contributed by atoms with Gasteiger partial charge in [0.2, 0.25) is 0 Å². The van der Waals surface area contributed by atoms with E-state index in [9.17, 15) is 9.18 Å². The fraction of sp³-hybridized carbons (Fsp3) is 0.533. The van der Waals surface area contributed by atoms with Crippen LogP contribution >= 0.6 is 0 Å². The van der Waals surface area contributed by atoms with Gasteiger partial charge in [-0.25, -0.2) is 4.39 Å². The third-order valence-electron chi connectivity index (χ3n) is 3.83. The molecule has 4 heteroatoms. The van der Waals surface area contributed by atoms with Gasteiger partial charge in [-0.2, -0.15) is 0 Å². The summed E-state index contributed by atoms with van der Waals surface area (Å²) in [6.07, 6.45) is 3.03. The molecule has 104 valence electrons. The quantitative estimate of drug-likeness (QED) is 0.889. The SMILES string of the molecule is Cc1ccc(C(=O)N(C)C2CCCNCC2)cc1F. The summed E-state index contributed by atoms with van der Waals surface area (Å²) in [5.41, 5.74) is 1.00. The third-order valence-corrected chi connectivity index (χ3v) is 3.83. The largest absolute Gasteiger partial charge is 0.339 e. The molecule has 1 saturated heterocycles. The maximum Gasteiger partial charge on any atom is 0.253 e. The molecule has 1 fully saturated rings. The van der Waals surface area contributed by atoms with Gasteiger partial charge in [-0.1, -0.05) is 6.07 Å². The van der Waals surface area contributed by atoms with Crippen molar-refractivity contribution in [2.75, 3.05) is 20.1 Å². The summed E-state index contributed by atoms with van der Waals surface area (Å²) in [5, 5.41) is 3.33. The van der Waals surface area contributed by atoms with Crippen LogP contribution in [0.25, 0.3) is 0 Å². The van der Waals surface area contributed by atoms with Crippen molar-refractivity contribution in [1.29, 1.82) is 0 Å². The van der Waals surface area contributed by atoms with Crippen LogP contribution in [0.4, 0.5) is 4.39 Å². The molecular weight excluding hydrogens is 243 g/mol. The maximum absolute atomic E-state index is 13.5. The van der Waals surface area contributed by atoms with E-state index in [2.05, 4.69) is 5.32 Å². The maximum atomic E-state index is 13.5. The molecule has 3 nitrogen and oxygen atoms in total. The Bertz CT molecular complexity index is 453. The summed E-state index contributed by atoms with van der Waals surface area (Å²) in [6.45, 7) is 3.65. The Morgan fingerprint density at radius 2 is 2.16 bits per heavy atom. The van der Waals surface area contributed by atoms with E-state index < -0.39 is 0 Å². The number of carbonyl (C=O) groups is 1. The highest BCUT2D eigenvalue weighted by atomic mass is 19.1. The molecule has 2 rings (SSSR count). The Balaban J connectivity index is 2.10. The highest BCUT2D eigenvalue weighted by Crippen LogP contribution is 2.16. The number of nitrogens with zero attached hydrogens (tertiary/aromatic N) is 1. The van der Waals surface area contributed by atoms with Crippen molar-refractivity contribution in [3.63, 3.8) is 0 Å². The Morgan fingerprint density at radius 3 is 2.89 bits per heavy atom. The number of hydrogen-bond acceptors (Lipinski definition) is 2. The van der Waals surface area contributed by atoms with Crippen molar-refractivity contribution in [2.45, 2.75) is 32.2 Å². The third kappa shape index (κ3) is 3.32. The predicted octanol–water partition coefficient (Wildman–Crippen LogP) is 2.35. The first kappa shape index (κ1) is 14.0. The smallest absolute Gasteiger partial charge is 0.253 e. The minimum atomic E-state index is -0.318. The summed E-state index contributed by atoms with van der Waals surface area (Å²) >= 11 is 0. The van der Waals surface area contributed by atoms with Crippen molar-refractivity contribution in [2.24, 2.45) is 0 Å². The van der Waals surface area contributed by atoms with Crippen LogP contribution in [0.1, 0.15) is 35.2 Å². The van der Waals surface area contributed by atoms with E-state index in [0.29, 0.717) is 11.1 Å². The van der Waals surface area contributed by atoms with E-state index in [0.717, 1.165) is 32.4 Å². The molecule has 1 unspecified atom stereocenters. The lowest BCUT2D eigenvalue weighted by Gasteiger charge is -2.27. The first-order valence-electron chi connectivity index (χ1n) is 6.83. The molecule has 1 aliphatic heterocycles. The van der Waals surface area contributed by atoms with Gasteiger partial charge in [0, 0.05) is 18.7 Å². The van der Waals surface area contributed by atoms with Crippen LogP contribution < -0.4 is 5.32 Å². The van der Waals surface area contributed by atoms with Gasteiger partial charge in [0.1, 0.15) is 5.82 Å². The second-order valence-corrected chi connectivity index (χ2v) is 5.21. The number of benzene rings is 1. The minimum Gasteiger partial charge on any atom is -0.339 e. The van der Waals surface area contributed by atoms with E-state index in [4.69, 9.17) is 0 Å². The van der Waals surface area contributed by atoms with Crippen LogP contribution in [-0.4, -0.2) is 37.0 Å². The predicted molar refractivity (Wildman–Crippen MR) is 73.7 cm³/mol. The second-order valence-electron chi connectivity index (χ2n) is 5.21. The Kier molecular flexibility index (Phi) is 4.53. The first-order chi connectivity index (χ1) is 9.09. The molecule has 0 aliphatic carbocycles. The molecule has 0 radical (unpaired) electrons. The van der Waals surface area contributed by atoms with E-state index in [-0.39, 0.29) is 17.8 Å². The molecule has 1 N–H and O–H groups in total. The van der Waals surface area contributed by atoms with Crippen LogP contribution in [0.2, 0.25) is 0 Å². The lowest BCUT2D eigenvalue weighted by atomic mass is 10.1. The van der Waals surface area contributed by atoms with Crippen LogP contribution in [0.5, 0.6) is 0 Å². The lowest BCUT2D eigenvalue weighted by molar-refractivity contribution is 0.0720. The van der Waals surface area contributed by atoms with Crippen molar-refractivity contribution in [3.8, 4) is 0 Å². The summed E-state index contributed by atoms with van der Waals surface area (Å²) < 4.78 is 13.5. The first-order valence-corrected chi connectivity index (χ1v) is 6.83. The van der Waals surface area contributed by atoms with Gasteiger partial charge >= 0.3 is 0 Å². The van der Waals surface area contributed by atoms with Crippen LogP contribution in [-0.2, 0) is 0 Å². The zero-order valence-electron chi connectivity index (χ0n) is 11.6. The number of aryl methyl sites for hydroxylation is 1. The number of nitrogens with one attached hydrogen (secondary N) is 1. The Morgan fingerprint density at radius 1 is 1.37 bits per heavy atom. The summed E-state index contributed by atoms with van der Waals surface area (Å²) in [7, 11) is 1.82. The fourth-order valence-electron chi connectivity index (χ4n) is 2.48. The number of hydrogen-bond donors (Lipinski definition) is 1. The molecule has 1 heterocycles. The number of rotatable bonds is 2. The highest BCUT2D eigenvalue weighted by molar-refractivity contribution is 5.94. The fourth-order valence-corrected chi connectivity index (χ4v) is 2.48. The molecule has 0 aromatic heterocycles. The number of halogens is 1. The Labute approximate surface area is 113 Å². The normalized spacial score (nSPS) is 19.8. The zero-order valence-corrected chi connectivity index (χ0v) is 11.6. The van der Waals surface area contributed by atoms with Crippen LogP contribution in [0, 0.1) is 12.7 Å². The molecule has 1 amide bonds. The standard InChI is InChI=1S/C15H21FN2O/c1-11-5-6-12(10-14(11)16)15(19)18(2)13-4-3-8-17-9-7-13/h5-6,10,13,17H,3-4,7-9H2,1-2H3. The number of carbonyl (C=O) groups excluding carboxylic acids is 1. The van der Waals surface area contributed by atoms with Gasteiger partial charge in [-0.15, -0.1) is 0 Å². The summed E-state index contributed by atoms with van der Waals surface area (Å²) in [6, 6.07) is 4.94. The van der Waals surface area contributed by atoms with Gasteiger partial charge in [0.25, 0.3) is 5.91 Å². The summed E-state index contributed by atoms with van der Waals surface area (Å²) in [4.78, 5) is 14.1. The molecule has 1 aromatic carbocycles. The van der Waals surface area contributed by atoms with Crippen molar-refractivity contribution < 1.29 is 9.18 Å². The monoisotopic (exact) mass is 264 g/mol. The highest BCUT2D eigenvalue weighted by Gasteiger charge is 2.22. The molecule has 0 bridgehead atoms. The minimum absolute atomic E-state index is 0.0919. The van der Waals surface area contributed by atoms with Gasteiger partial charge in [0.05, 0.1) is 0 Å².